The summed E-state index contributed by atoms with van der Waals surface area (Å²) in [6.07, 6.45) is 0. The number of rotatable bonds is 6. The summed E-state index contributed by atoms with van der Waals surface area (Å²) in [5.41, 5.74) is 4.99. The van der Waals surface area contributed by atoms with Crippen LogP contribution in [0.3, 0.4) is 0 Å². The SMILES string of the molecule is O=C(O)c1ccccc1N(c1ccc(-c2cccs2)cc1)c1ccc(-c2cccs2)cc1. The Morgan fingerprint density at radius 2 is 1.12 bits per heavy atom. The molecular weight excluding hydrogens is 434 g/mol. The normalized spacial score (nSPS) is 10.8. The average molecular weight is 454 g/mol. The van der Waals surface area contributed by atoms with Gasteiger partial charge in [-0.1, -0.05) is 48.5 Å². The molecule has 0 amide bonds. The third-order valence-corrected chi connectivity index (χ3v) is 7.08. The molecule has 0 fully saturated rings. The maximum Gasteiger partial charge on any atom is 0.337 e. The van der Waals surface area contributed by atoms with Crippen LogP contribution in [0.1, 0.15) is 10.4 Å². The quantitative estimate of drug-likeness (QED) is 0.281. The molecule has 32 heavy (non-hydrogen) atoms. The molecule has 5 rings (SSSR count). The van der Waals surface area contributed by atoms with E-state index in [9.17, 15) is 9.90 Å². The molecule has 5 aromatic rings. The minimum Gasteiger partial charge on any atom is -0.478 e. The molecule has 0 saturated carbocycles. The van der Waals surface area contributed by atoms with E-state index in [1.54, 1.807) is 34.8 Å². The van der Waals surface area contributed by atoms with Crippen LogP contribution in [0, 0.1) is 0 Å². The molecule has 5 heteroatoms. The van der Waals surface area contributed by atoms with Gasteiger partial charge in [-0.25, -0.2) is 4.79 Å². The summed E-state index contributed by atoms with van der Waals surface area (Å²) in [7, 11) is 0. The van der Waals surface area contributed by atoms with Crippen LogP contribution in [-0.4, -0.2) is 11.1 Å². The van der Waals surface area contributed by atoms with Crippen LogP contribution in [0.4, 0.5) is 17.1 Å². The number of thiophene rings is 2. The Balaban J connectivity index is 1.61. The van der Waals surface area contributed by atoms with Crippen molar-refractivity contribution in [3.63, 3.8) is 0 Å². The van der Waals surface area contributed by atoms with Crippen molar-refractivity contribution < 1.29 is 9.90 Å². The van der Waals surface area contributed by atoms with Crippen molar-refractivity contribution in [2.75, 3.05) is 4.90 Å². The van der Waals surface area contributed by atoms with E-state index in [4.69, 9.17) is 0 Å². The fraction of sp³-hybridized carbons (Fsp3) is 0. The molecule has 0 aliphatic carbocycles. The standard InChI is InChI=1S/C27H19NO2S2/c29-27(30)23-5-1-2-6-24(23)28(21-13-9-19(10-14-21)25-7-3-17-31-25)22-15-11-20(12-16-22)26-8-4-18-32-26/h1-18H,(H,29,30). The van der Waals surface area contributed by atoms with Gasteiger partial charge in [-0.15, -0.1) is 22.7 Å². The summed E-state index contributed by atoms with van der Waals surface area (Å²) in [5, 5.41) is 13.9. The molecule has 3 nitrogen and oxygen atoms in total. The second kappa shape index (κ2) is 8.83. The molecule has 0 spiro atoms. The number of para-hydroxylation sites is 1. The van der Waals surface area contributed by atoms with E-state index in [1.807, 2.05) is 53.4 Å². The second-order valence-corrected chi connectivity index (χ2v) is 9.10. The first-order chi connectivity index (χ1) is 15.7. The summed E-state index contributed by atoms with van der Waals surface area (Å²) in [6.45, 7) is 0. The van der Waals surface area contributed by atoms with Gasteiger partial charge in [-0.3, -0.25) is 0 Å². The maximum atomic E-state index is 12.0. The van der Waals surface area contributed by atoms with Crippen molar-refractivity contribution in [2.45, 2.75) is 0 Å². The molecule has 0 radical (unpaired) electrons. The minimum absolute atomic E-state index is 0.261. The number of carbonyl (C=O) groups is 1. The highest BCUT2D eigenvalue weighted by atomic mass is 32.1. The van der Waals surface area contributed by atoms with E-state index in [2.05, 4.69) is 47.2 Å². The Morgan fingerprint density at radius 1 is 0.625 bits per heavy atom. The molecule has 1 N–H and O–H groups in total. The average Bonchev–Trinajstić information content (AvgIpc) is 3.55. The minimum atomic E-state index is -0.948. The summed E-state index contributed by atoms with van der Waals surface area (Å²) >= 11 is 3.40. The molecule has 2 aromatic heterocycles. The number of aromatic carboxylic acids is 1. The molecule has 0 bridgehead atoms. The number of nitrogens with zero attached hydrogens (tertiary/aromatic N) is 1. The van der Waals surface area contributed by atoms with Crippen LogP contribution in [0.2, 0.25) is 0 Å². The summed E-state index contributed by atoms with van der Waals surface area (Å²) in [6, 6.07) is 31.9. The van der Waals surface area contributed by atoms with Crippen LogP contribution in [0.5, 0.6) is 0 Å². The summed E-state index contributed by atoms with van der Waals surface area (Å²) in [4.78, 5) is 16.4. The predicted molar refractivity (Wildman–Crippen MR) is 135 cm³/mol. The van der Waals surface area contributed by atoms with Gasteiger partial charge in [-0.05, 0) is 70.4 Å². The molecule has 0 atom stereocenters. The smallest absolute Gasteiger partial charge is 0.337 e. The molecule has 156 valence electrons. The Kier molecular flexibility index (Phi) is 5.58. The van der Waals surface area contributed by atoms with Gasteiger partial charge < -0.3 is 10.0 Å². The lowest BCUT2D eigenvalue weighted by molar-refractivity contribution is 0.0698. The largest absolute Gasteiger partial charge is 0.478 e. The van der Waals surface area contributed by atoms with E-state index in [1.165, 1.54) is 9.75 Å². The van der Waals surface area contributed by atoms with Gasteiger partial charge in [0, 0.05) is 21.1 Å². The van der Waals surface area contributed by atoms with Gasteiger partial charge in [0.2, 0.25) is 0 Å². The highest BCUT2D eigenvalue weighted by Crippen LogP contribution is 2.39. The van der Waals surface area contributed by atoms with Crippen LogP contribution in [-0.2, 0) is 0 Å². The molecule has 3 aromatic carbocycles. The first-order valence-corrected chi connectivity index (χ1v) is 11.9. The Labute approximate surface area is 194 Å². The lowest BCUT2D eigenvalue weighted by Gasteiger charge is -2.27. The first-order valence-electron chi connectivity index (χ1n) is 10.1. The Morgan fingerprint density at radius 3 is 1.56 bits per heavy atom. The van der Waals surface area contributed by atoms with Crippen molar-refractivity contribution >= 4 is 45.7 Å². The monoisotopic (exact) mass is 453 g/mol. The molecule has 0 unspecified atom stereocenters. The van der Waals surface area contributed by atoms with Gasteiger partial charge >= 0.3 is 5.97 Å². The molecule has 0 aliphatic heterocycles. The lowest BCUT2D eigenvalue weighted by Crippen LogP contribution is -2.14. The van der Waals surface area contributed by atoms with E-state index in [-0.39, 0.29) is 5.56 Å². The number of hydrogen-bond acceptors (Lipinski definition) is 4. The highest BCUT2D eigenvalue weighted by Gasteiger charge is 2.19. The van der Waals surface area contributed by atoms with E-state index in [0.29, 0.717) is 5.69 Å². The molecule has 2 heterocycles. The maximum absolute atomic E-state index is 12.0. The zero-order valence-electron chi connectivity index (χ0n) is 17.0. The van der Waals surface area contributed by atoms with E-state index in [0.717, 1.165) is 22.5 Å². The van der Waals surface area contributed by atoms with Crippen molar-refractivity contribution in [1.29, 1.82) is 0 Å². The van der Waals surface area contributed by atoms with Crippen LogP contribution in [0.25, 0.3) is 20.9 Å². The van der Waals surface area contributed by atoms with Crippen LogP contribution in [0.15, 0.2) is 108 Å². The number of carboxylic acid groups (broad SMARTS) is 1. The number of carboxylic acids is 1. The zero-order chi connectivity index (χ0) is 21.9. The topological polar surface area (TPSA) is 40.5 Å². The van der Waals surface area contributed by atoms with E-state index < -0.39 is 5.97 Å². The highest BCUT2D eigenvalue weighted by molar-refractivity contribution is 7.13. The summed E-state index contributed by atoms with van der Waals surface area (Å²) in [5.74, 6) is -0.948. The molecule has 0 aliphatic rings. The Bertz CT molecular complexity index is 1250. The number of benzene rings is 3. The third kappa shape index (κ3) is 3.96. The predicted octanol–water partition coefficient (Wildman–Crippen LogP) is 8.31. The third-order valence-electron chi connectivity index (χ3n) is 5.24. The molecular formula is C27H19NO2S2. The van der Waals surface area contributed by atoms with Crippen molar-refractivity contribution in [1.82, 2.24) is 0 Å². The van der Waals surface area contributed by atoms with Crippen molar-refractivity contribution in [3.05, 3.63) is 113 Å². The lowest BCUT2D eigenvalue weighted by atomic mass is 10.1. The van der Waals surface area contributed by atoms with E-state index >= 15 is 0 Å². The fourth-order valence-corrected chi connectivity index (χ4v) is 5.18. The zero-order valence-corrected chi connectivity index (χ0v) is 18.6. The second-order valence-electron chi connectivity index (χ2n) is 7.21. The number of anilines is 3. The first kappa shape index (κ1) is 20.2. The van der Waals surface area contributed by atoms with Crippen molar-refractivity contribution in [2.24, 2.45) is 0 Å². The molecule has 0 saturated heterocycles. The van der Waals surface area contributed by atoms with Gasteiger partial charge in [0.05, 0.1) is 11.3 Å². The van der Waals surface area contributed by atoms with Crippen molar-refractivity contribution in [3.8, 4) is 20.9 Å². The van der Waals surface area contributed by atoms with Gasteiger partial charge in [0.25, 0.3) is 0 Å². The Hall–Kier alpha value is -3.67. The van der Waals surface area contributed by atoms with Gasteiger partial charge in [-0.2, -0.15) is 0 Å². The van der Waals surface area contributed by atoms with Gasteiger partial charge in [0.15, 0.2) is 0 Å². The fourth-order valence-electron chi connectivity index (χ4n) is 3.71. The van der Waals surface area contributed by atoms with Gasteiger partial charge in [0.1, 0.15) is 0 Å². The summed E-state index contributed by atoms with van der Waals surface area (Å²) < 4.78 is 0. The number of hydrogen-bond donors (Lipinski definition) is 1. The van der Waals surface area contributed by atoms with Crippen LogP contribution < -0.4 is 4.90 Å². The van der Waals surface area contributed by atoms with Crippen LogP contribution >= 0.6 is 22.7 Å².